The normalized spacial score (nSPS) is 18.4. The van der Waals surface area contributed by atoms with Crippen molar-refractivity contribution in [2.75, 3.05) is 6.54 Å². The topological polar surface area (TPSA) is 12.0 Å². The zero-order chi connectivity index (χ0) is 13.2. The van der Waals surface area contributed by atoms with Gasteiger partial charge in [-0.05, 0) is 48.8 Å². The van der Waals surface area contributed by atoms with E-state index in [-0.39, 0.29) is 5.41 Å². The van der Waals surface area contributed by atoms with Gasteiger partial charge in [0, 0.05) is 6.04 Å². The molecule has 1 aliphatic rings. The van der Waals surface area contributed by atoms with Gasteiger partial charge in [-0.1, -0.05) is 51.5 Å². The summed E-state index contributed by atoms with van der Waals surface area (Å²) >= 11 is 0. The maximum absolute atomic E-state index is 3.66. The number of benzene rings is 1. The van der Waals surface area contributed by atoms with Gasteiger partial charge < -0.3 is 5.32 Å². The van der Waals surface area contributed by atoms with Crippen molar-refractivity contribution in [3.8, 4) is 0 Å². The van der Waals surface area contributed by atoms with Crippen LogP contribution in [-0.4, -0.2) is 6.54 Å². The van der Waals surface area contributed by atoms with Gasteiger partial charge in [0.05, 0.1) is 0 Å². The van der Waals surface area contributed by atoms with Crippen LogP contribution in [0.25, 0.3) is 0 Å². The molecule has 0 radical (unpaired) electrons. The highest BCUT2D eigenvalue weighted by Gasteiger charge is 2.18. The third kappa shape index (κ3) is 3.35. The smallest absolute Gasteiger partial charge is 0.0291 e. The van der Waals surface area contributed by atoms with E-state index in [2.05, 4.69) is 57.3 Å². The Morgan fingerprint density at radius 1 is 1.17 bits per heavy atom. The molecule has 100 valence electrons. The van der Waals surface area contributed by atoms with Crippen molar-refractivity contribution in [3.63, 3.8) is 0 Å². The van der Waals surface area contributed by atoms with E-state index in [9.17, 15) is 0 Å². The van der Waals surface area contributed by atoms with Crippen LogP contribution in [0.15, 0.2) is 24.3 Å². The molecule has 1 fully saturated rings. The zero-order valence-corrected chi connectivity index (χ0v) is 12.3. The first-order chi connectivity index (χ1) is 8.47. The maximum Gasteiger partial charge on any atom is 0.0291 e. The van der Waals surface area contributed by atoms with Crippen molar-refractivity contribution in [3.05, 3.63) is 35.4 Å². The first-order valence-corrected chi connectivity index (χ1v) is 7.30. The molecule has 1 nitrogen and oxygen atoms in total. The average Bonchev–Trinajstić information content (AvgIpc) is 2.26. The molecular weight excluding hydrogens is 218 g/mol. The fourth-order valence-electron chi connectivity index (χ4n) is 2.43. The van der Waals surface area contributed by atoms with Crippen LogP contribution in [0, 0.1) is 5.92 Å². The number of hydrogen-bond donors (Lipinski definition) is 1. The molecular formula is C17H27N. The molecule has 0 bridgehead atoms. The van der Waals surface area contributed by atoms with Crippen LogP contribution in [-0.2, 0) is 5.41 Å². The Kier molecular flexibility index (Phi) is 4.11. The van der Waals surface area contributed by atoms with Gasteiger partial charge in [0.2, 0.25) is 0 Å². The summed E-state index contributed by atoms with van der Waals surface area (Å²) in [5.41, 5.74) is 3.07. The Morgan fingerprint density at radius 2 is 1.78 bits per heavy atom. The number of rotatable bonds is 4. The maximum atomic E-state index is 3.66. The van der Waals surface area contributed by atoms with Crippen LogP contribution in [0.5, 0.6) is 0 Å². The van der Waals surface area contributed by atoms with Crippen molar-refractivity contribution >= 4 is 0 Å². The average molecular weight is 245 g/mol. The summed E-state index contributed by atoms with van der Waals surface area (Å²) in [5, 5.41) is 3.66. The molecule has 1 heteroatoms. The van der Waals surface area contributed by atoms with Crippen molar-refractivity contribution in [2.24, 2.45) is 5.92 Å². The molecule has 0 aliphatic heterocycles. The lowest BCUT2D eigenvalue weighted by atomic mass is 9.85. The molecule has 2 rings (SSSR count). The minimum atomic E-state index is 0.251. The van der Waals surface area contributed by atoms with Crippen LogP contribution in [0.1, 0.15) is 64.1 Å². The summed E-state index contributed by atoms with van der Waals surface area (Å²) in [6, 6.07) is 9.57. The summed E-state index contributed by atoms with van der Waals surface area (Å²) in [5.74, 6) is 0.932. The Hall–Kier alpha value is -0.820. The van der Waals surface area contributed by atoms with Gasteiger partial charge in [-0.15, -0.1) is 0 Å². The van der Waals surface area contributed by atoms with Crippen LogP contribution in [0.2, 0.25) is 0 Å². The largest absolute Gasteiger partial charge is 0.310 e. The molecule has 1 aromatic carbocycles. The fraction of sp³-hybridized carbons (Fsp3) is 0.647. The molecule has 18 heavy (non-hydrogen) atoms. The predicted molar refractivity (Wildman–Crippen MR) is 78.9 cm³/mol. The molecule has 1 aromatic rings. The van der Waals surface area contributed by atoms with E-state index in [1.807, 2.05) is 0 Å². The first kappa shape index (κ1) is 13.6. The lowest BCUT2D eigenvalue weighted by Crippen LogP contribution is -2.29. The van der Waals surface area contributed by atoms with E-state index in [4.69, 9.17) is 0 Å². The summed E-state index contributed by atoms with van der Waals surface area (Å²) in [6.07, 6.45) is 4.27. The van der Waals surface area contributed by atoms with Crippen molar-refractivity contribution in [1.82, 2.24) is 5.32 Å². The molecule has 0 heterocycles. The second-order valence-corrected chi connectivity index (χ2v) is 6.80. The molecule has 1 atom stereocenters. The lowest BCUT2D eigenvalue weighted by molar-refractivity contribution is 0.292. The molecule has 1 N–H and O–H groups in total. The minimum absolute atomic E-state index is 0.251. The van der Waals surface area contributed by atoms with Crippen molar-refractivity contribution in [2.45, 2.75) is 58.4 Å². The Morgan fingerprint density at radius 3 is 2.22 bits per heavy atom. The fourth-order valence-corrected chi connectivity index (χ4v) is 2.43. The quantitative estimate of drug-likeness (QED) is 0.827. The molecule has 1 aliphatic carbocycles. The molecule has 0 spiro atoms. The van der Waals surface area contributed by atoms with E-state index in [0.717, 1.165) is 5.92 Å². The van der Waals surface area contributed by atoms with E-state index in [1.54, 1.807) is 0 Å². The highest BCUT2D eigenvalue weighted by atomic mass is 14.9. The predicted octanol–water partition coefficient (Wildman–Crippen LogP) is 4.43. The van der Waals surface area contributed by atoms with Crippen LogP contribution in [0.4, 0.5) is 0 Å². The van der Waals surface area contributed by atoms with E-state index in [1.165, 1.54) is 36.9 Å². The van der Waals surface area contributed by atoms with Crippen LogP contribution in [0.3, 0.4) is 0 Å². The Labute approximate surface area is 112 Å². The summed E-state index contributed by atoms with van der Waals surface area (Å²) < 4.78 is 0. The standard InChI is InChI=1S/C17H27N/c1-13(18-12-14-6-5-7-14)15-8-10-16(11-9-15)17(2,3)4/h8-11,13-14,18H,5-7,12H2,1-4H3. The second-order valence-electron chi connectivity index (χ2n) is 6.80. The van der Waals surface area contributed by atoms with Gasteiger partial charge in [0.25, 0.3) is 0 Å². The minimum Gasteiger partial charge on any atom is -0.310 e. The first-order valence-electron chi connectivity index (χ1n) is 7.30. The van der Waals surface area contributed by atoms with Gasteiger partial charge in [-0.25, -0.2) is 0 Å². The number of hydrogen-bond acceptors (Lipinski definition) is 1. The third-order valence-electron chi connectivity index (χ3n) is 4.21. The van der Waals surface area contributed by atoms with Gasteiger partial charge in [-0.2, -0.15) is 0 Å². The van der Waals surface area contributed by atoms with Crippen LogP contribution < -0.4 is 5.32 Å². The van der Waals surface area contributed by atoms with Gasteiger partial charge in [0.1, 0.15) is 0 Å². The van der Waals surface area contributed by atoms with Crippen LogP contribution >= 0.6 is 0 Å². The van der Waals surface area contributed by atoms with E-state index >= 15 is 0 Å². The van der Waals surface area contributed by atoms with Gasteiger partial charge in [-0.3, -0.25) is 0 Å². The summed E-state index contributed by atoms with van der Waals surface area (Å²) in [7, 11) is 0. The lowest BCUT2D eigenvalue weighted by Gasteiger charge is -2.27. The zero-order valence-electron chi connectivity index (χ0n) is 12.3. The van der Waals surface area contributed by atoms with Gasteiger partial charge in [0.15, 0.2) is 0 Å². The Balaban J connectivity index is 1.91. The van der Waals surface area contributed by atoms with E-state index < -0.39 is 0 Å². The highest BCUT2D eigenvalue weighted by molar-refractivity contribution is 5.29. The highest BCUT2D eigenvalue weighted by Crippen LogP contribution is 2.27. The third-order valence-corrected chi connectivity index (χ3v) is 4.21. The number of nitrogens with one attached hydrogen (secondary N) is 1. The monoisotopic (exact) mass is 245 g/mol. The summed E-state index contributed by atoms with van der Waals surface area (Å²) in [6.45, 7) is 10.2. The molecule has 1 saturated carbocycles. The molecule has 0 amide bonds. The SMILES string of the molecule is CC(NCC1CCC1)c1ccc(C(C)(C)C)cc1. The second kappa shape index (κ2) is 5.44. The molecule has 0 saturated heterocycles. The summed E-state index contributed by atoms with van der Waals surface area (Å²) in [4.78, 5) is 0. The van der Waals surface area contributed by atoms with Crippen molar-refractivity contribution in [1.29, 1.82) is 0 Å². The molecule has 0 aromatic heterocycles. The molecule has 1 unspecified atom stereocenters. The van der Waals surface area contributed by atoms with Gasteiger partial charge >= 0.3 is 0 Å². The Bertz CT molecular complexity index is 368. The van der Waals surface area contributed by atoms with Crippen molar-refractivity contribution < 1.29 is 0 Å². The van der Waals surface area contributed by atoms with E-state index in [0.29, 0.717) is 6.04 Å².